The summed E-state index contributed by atoms with van der Waals surface area (Å²) in [5.74, 6) is 0.0402. The van der Waals surface area contributed by atoms with Gasteiger partial charge in [-0.15, -0.1) is 0 Å². The number of methoxy groups -OCH3 is 1. The minimum Gasteiger partial charge on any atom is -0.493 e. The molecule has 0 atom stereocenters. The van der Waals surface area contributed by atoms with Gasteiger partial charge in [0, 0.05) is 58.6 Å². The molecule has 1 aliphatic heterocycles. The van der Waals surface area contributed by atoms with E-state index in [0.29, 0.717) is 57.2 Å². The minimum absolute atomic E-state index is 0.0761. The smallest absolute Gasteiger partial charge is 0.262 e. The highest BCUT2D eigenvalue weighted by atomic mass is 79.9. The summed E-state index contributed by atoms with van der Waals surface area (Å²) in [4.78, 5) is 42.8. The summed E-state index contributed by atoms with van der Waals surface area (Å²) < 4.78 is 12.3. The molecule has 0 fully saturated rings. The number of nitrogens with one attached hydrogen (secondary N) is 1. The minimum atomic E-state index is -0.510. The quantitative estimate of drug-likeness (QED) is 0.317. The molecule has 0 spiro atoms. The van der Waals surface area contributed by atoms with E-state index in [2.05, 4.69) is 60.8 Å². The van der Waals surface area contributed by atoms with Crippen LogP contribution in [0.5, 0.6) is 11.5 Å². The molecule has 44 heavy (non-hydrogen) atoms. The van der Waals surface area contributed by atoms with Gasteiger partial charge in [-0.25, -0.2) is 0 Å². The zero-order valence-electron chi connectivity index (χ0n) is 26.5. The van der Waals surface area contributed by atoms with Gasteiger partial charge in [-0.3, -0.25) is 14.4 Å². The van der Waals surface area contributed by atoms with Crippen molar-refractivity contribution in [2.24, 2.45) is 10.8 Å². The third kappa shape index (κ3) is 6.20. The normalized spacial score (nSPS) is 19.5. The lowest BCUT2D eigenvalue weighted by Crippen LogP contribution is -2.44. The molecule has 7 nitrogen and oxygen atoms in total. The zero-order chi connectivity index (χ0) is 32.1. The highest BCUT2D eigenvalue weighted by Gasteiger charge is 2.48. The van der Waals surface area contributed by atoms with Crippen molar-refractivity contribution in [1.82, 2.24) is 4.90 Å². The number of aryl methyl sites for hydroxylation is 1. The molecule has 5 rings (SSSR count). The molecule has 0 aromatic heterocycles. The van der Waals surface area contributed by atoms with E-state index in [-0.39, 0.29) is 34.9 Å². The molecule has 0 saturated carbocycles. The lowest BCUT2D eigenvalue weighted by atomic mass is 9.63. The Balaban J connectivity index is 1.53. The summed E-state index contributed by atoms with van der Waals surface area (Å²) in [6, 6.07) is 9.02. The van der Waals surface area contributed by atoms with Crippen LogP contribution in [0, 0.1) is 17.8 Å². The van der Waals surface area contributed by atoms with Crippen LogP contribution < -0.4 is 14.8 Å². The number of carbonyl (C=O) groups excluding carboxylic acids is 3. The number of nitrogens with zero attached hydrogens (tertiary/aromatic N) is 1. The molecule has 2 aromatic rings. The van der Waals surface area contributed by atoms with Crippen LogP contribution in [0.4, 0.5) is 5.69 Å². The highest BCUT2D eigenvalue weighted by molar-refractivity contribution is 9.10. The average Bonchev–Trinajstić information content (AvgIpc) is 2.91. The van der Waals surface area contributed by atoms with E-state index in [1.807, 2.05) is 25.1 Å². The van der Waals surface area contributed by atoms with E-state index in [0.717, 1.165) is 35.4 Å². The summed E-state index contributed by atoms with van der Waals surface area (Å²) >= 11 is 9.84. The maximum atomic E-state index is 13.9. The number of allylic oxidation sites excluding steroid dienone is 4. The molecule has 2 aromatic carbocycles. The number of ketones is 2. The number of anilines is 1. The number of Topliss-reactive ketones (excluding diaryl/α,β-unsaturated/α-hetero) is 2. The van der Waals surface area contributed by atoms with E-state index in [9.17, 15) is 14.4 Å². The molecule has 1 N–H and O–H groups in total. The van der Waals surface area contributed by atoms with Crippen LogP contribution in [0.15, 0.2) is 57.3 Å². The molecule has 0 radical (unpaired) electrons. The van der Waals surface area contributed by atoms with E-state index in [1.165, 1.54) is 7.11 Å². The first-order valence-corrected chi connectivity index (χ1v) is 16.2. The summed E-state index contributed by atoms with van der Waals surface area (Å²) in [7, 11) is 1.53. The lowest BCUT2D eigenvalue weighted by Gasteiger charge is -2.49. The van der Waals surface area contributed by atoms with Crippen LogP contribution in [-0.4, -0.2) is 42.6 Å². The monoisotopic (exact) mass is 682 g/mol. The maximum Gasteiger partial charge on any atom is 0.262 e. The molecule has 0 bridgehead atoms. The average molecular weight is 684 g/mol. The fourth-order valence-electron chi connectivity index (χ4n) is 6.81. The molecule has 234 valence electrons. The Kier molecular flexibility index (Phi) is 8.82. The van der Waals surface area contributed by atoms with Crippen molar-refractivity contribution in [1.29, 1.82) is 0 Å². The molecular weight excluding hydrogens is 644 g/mol. The summed E-state index contributed by atoms with van der Waals surface area (Å²) in [6.45, 7) is 12.9. The summed E-state index contributed by atoms with van der Waals surface area (Å²) in [5.41, 5.74) is 5.35. The molecule has 1 heterocycles. The van der Waals surface area contributed by atoms with Gasteiger partial charge >= 0.3 is 0 Å². The fourth-order valence-corrected chi connectivity index (χ4v) is 7.57. The fraction of sp³-hybridized carbons (Fsp3) is 0.457. The van der Waals surface area contributed by atoms with Gasteiger partial charge in [-0.05, 0) is 88.8 Å². The SMILES string of the molecule is CCN1C2=C(C(=O)CC(C)(C)C2)C(c2cc(Br)c(OCC(=O)Nc3ccc(C)c(Cl)c3)c(OC)c2)C2=C1CC(C)(C)CC2=O. The van der Waals surface area contributed by atoms with Gasteiger partial charge < -0.3 is 19.7 Å². The maximum absolute atomic E-state index is 13.9. The van der Waals surface area contributed by atoms with E-state index >= 15 is 0 Å². The second-order valence-electron chi connectivity index (χ2n) is 13.6. The van der Waals surface area contributed by atoms with Crippen molar-refractivity contribution >= 4 is 50.7 Å². The molecule has 0 saturated heterocycles. The van der Waals surface area contributed by atoms with Gasteiger partial charge in [-0.2, -0.15) is 0 Å². The summed E-state index contributed by atoms with van der Waals surface area (Å²) in [5, 5.41) is 3.36. The van der Waals surface area contributed by atoms with Crippen molar-refractivity contribution in [3.8, 4) is 11.5 Å². The van der Waals surface area contributed by atoms with Gasteiger partial charge in [0.05, 0.1) is 11.6 Å². The van der Waals surface area contributed by atoms with Crippen LogP contribution in [0.2, 0.25) is 5.02 Å². The second kappa shape index (κ2) is 12.0. The topological polar surface area (TPSA) is 84.9 Å². The first-order valence-electron chi connectivity index (χ1n) is 15.0. The van der Waals surface area contributed by atoms with Gasteiger partial charge in [-0.1, -0.05) is 45.4 Å². The highest BCUT2D eigenvalue weighted by Crippen LogP contribution is 2.55. The molecule has 3 aliphatic rings. The first kappa shape index (κ1) is 32.3. The number of amides is 1. The molecule has 1 amide bonds. The largest absolute Gasteiger partial charge is 0.493 e. The number of benzene rings is 2. The molecular formula is C35H40BrClN2O5. The van der Waals surface area contributed by atoms with E-state index in [4.69, 9.17) is 21.1 Å². The van der Waals surface area contributed by atoms with Crippen LogP contribution in [0.25, 0.3) is 0 Å². The van der Waals surface area contributed by atoms with E-state index < -0.39 is 5.92 Å². The Morgan fingerprint density at radius 1 is 1.00 bits per heavy atom. The lowest BCUT2D eigenvalue weighted by molar-refractivity contribution is -0.120. The van der Waals surface area contributed by atoms with Gasteiger partial charge in [0.15, 0.2) is 29.7 Å². The Bertz CT molecular complexity index is 1570. The summed E-state index contributed by atoms with van der Waals surface area (Å²) in [6.07, 6.45) is 2.35. The van der Waals surface area contributed by atoms with Crippen molar-refractivity contribution < 1.29 is 23.9 Å². The molecule has 0 unspecified atom stereocenters. The Morgan fingerprint density at radius 2 is 1.59 bits per heavy atom. The number of carbonyl (C=O) groups is 3. The number of hydrogen-bond donors (Lipinski definition) is 1. The number of rotatable bonds is 7. The number of ether oxygens (including phenoxy) is 2. The second-order valence-corrected chi connectivity index (χ2v) is 14.9. The van der Waals surface area contributed by atoms with Gasteiger partial charge in [0.1, 0.15) is 0 Å². The van der Waals surface area contributed by atoms with Gasteiger partial charge in [0.2, 0.25) is 0 Å². The zero-order valence-corrected chi connectivity index (χ0v) is 28.8. The predicted molar refractivity (Wildman–Crippen MR) is 176 cm³/mol. The van der Waals surface area contributed by atoms with Crippen molar-refractivity contribution in [2.45, 2.75) is 73.1 Å². The third-order valence-electron chi connectivity index (χ3n) is 8.73. The molecule has 9 heteroatoms. The third-order valence-corrected chi connectivity index (χ3v) is 9.72. The van der Waals surface area contributed by atoms with Crippen LogP contribution in [0.1, 0.15) is 77.3 Å². The van der Waals surface area contributed by atoms with Crippen LogP contribution in [-0.2, 0) is 14.4 Å². The van der Waals surface area contributed by atoms with Crippen LogP contribution >= 0.6 is 27.5 Å². The first-order chi connectivity index (χ1) is 20.6. The van der Waals surface area contributed by atoms with Crippen molar-refractivity contribution in [2.75, 3.05) is 25.6 Å². The van der Waals surface area contributed by atoms with Crippen molar-refractivity contribution in [3.05, 3.63) is 73.5 Å². The van der Waals surface area contributed by atoms with Crippen LogP contribution in [0.3, 0.4) is 0 Å². The standard InChI is InChI=1S/C35H40BrClN2O5/c1-8-39-24-14-34(3,4)16-26(40)31(24)30(32-25(39)15-35(5,6)17-27(32)41)20-11-22(36)33(28(12-20)43-7)44-18-29(42)38-21-10-9-19(2)23(37)13-21/h9-13,30H,8,14-18H2,1-7H3,(H,38,42). The predicted octanol–water partition coefficient (Wildman–Crippen LogP) is 8.14. The van der Waals surface area contributed by atoms with E-state index in [1.54, 1.807) is 12.1 Å². The Morgan fingerprint density at radius 3 is 2.11 bits per heavy atom. The van der Waals surface area contributed by atoms with Gasteiger partial charge in [0.25, 0.3) is 5.91 Å². The Hall–Kier alpha value is -3.10. The number of hydrogen-bond acceptors (Lipinski definition) is 6. The number of halogens is 2. The Labute approximate surface area is 273 Å². The molecule has 2 aliphatic carbocycles. The van der Waals surface area contributed by atoms with Crippen molar-refractivity contribution in [3.63, 3.8) is 0 Å².